The van der Waals surface area contributed by atoms with E-state index in [2.05, 4.69) is 0 Å². The molecule has 0 atom stereocenters. The Morgan fingerprint density at radius 2 is 2.22 bits per heavy atom. The summed E-state index contributed by atoms with van der Waals surface area (Å²) < 4.78 is 10.5. The van der Waals surface area contributed by atoms with Crippen LogP contribution < -0.4 is 9.47 Å². The van der Waals surface area contributed by atoms with Gasteiger partial charge in [0.25, 0.3) is 0 Å². The maximum absolute atomic E-state index is 10.7. The van der Waals surface area contributed by atoms with E-state index >= 15 is 0 Å². The van der Waals surface area contributed by atoms with E-state index in [1.807, 2.05) is 6.92 Å². The van der Waals surface area contributed by atoms with Crippen molar-refractivity contribution >= 4 is 12.0 Å². The molecule has 0 unspecified atom stereocenters. The molecule has 18 heavy (non-hydrogen) atoms. The van der Waals surface area contributed by atoms with Gasteiger partial charge in [-0.05, 0) is 30.7 Å². The Morgan fingerprint density at radius 3 is 2.72 bits per heavy atom. The molecule has 1 rings (SSSR count). The lowest BCUT2D eigenvalue weighted by Crippen LogP contribution is -1.98. The molecule has 0 aromatic heterocycles. The molecule has 0 radical (unpaired) electrons. The third-order valence-corrected chi connectivity index (χ3v) is 2.15. The minimum absolute atomic E-state index is 0.332. The summed E-state index contributed by atoms with van der Waals surface area (Å²) in [5.74, 6) is -0.190. The van der Waals surface area contributed by atoms with Crippen LogP contribution in [0.1, 0.15) is 12.5 Å². The predicted molar refractivity (Wildman–Crippen MR) is 65.4 cm³/mol. The zero-order valence-electron chi connectivity index (χ0n) is 10.1. The van der Waals surface area contributed by atoms with Gasteiger partial charge in [-0.15, -0.1) is 0 Å². The van der Waals surface area contributed by atoms with Crippen molar-refractivity contribution in [2.75, 3.05) is 13.7 Å². The van der Waals surface area contributed by atoms with E-state index in [1.165, 1.54) is 13.2 Å². The largest absolute Gasteiger partial charge is 0.493 e. The third-order valence-electron chi connectivity index (χ3n) is 2.15. The van der Waals surface area contributed by atoms with Gasteiger partial charge in [-0.25, -0.2) is 4.79 Å². The van der Waals surface area contributed by atoms with Crippen LogP contribution in [-0.4, -0.2) is 24.8 Å². The molecule has 1 N–H and O–H groups in total. The fraction of sp³-hybridized carbons (Fsp3) is 0.231. The van der Waals surface area contributed by atoms with Crippen molar-refractivity contribution in [3.8, 4) is 17.6 Å². The van der Waals surface area contributed by atoms with Crippen LogP contribution in [0.5, 0.6) is 11.5 Å². The molecule has 0 fully saturated rings. The zero-order valence-corrected chi connectivity index (χ0v) is 10.1. The van der Waals surface area contributed by atoms with Gasteiger partial charge in [0.15, 0.2) is 11.5 Å². The zero-order chi connectivity index (χ0) is 13.5. The molecule has 0 saturated carbocycles. The first-order valence-electron chi connectivity index (χ1n) is 5.28. The molecule has 1 aromatic carbocycles. The van der Waals surface area contributed by atoms with Crippen LogP contribution in [0.15, 0.2) is 23.8 Å². The molecular formula is C13H13NO4. The predicted octanol–water partition coefficient (Wildman–Crippen LogP) is 2.09. The number of carbonyl (C=O) groups is 1. The number of rotatable bonds is 5. The van der Waals surface area contributed by atoms with Gasteiger partial charge in [0.1, 0.15) is 11.6 Å². The Kier molecular flexibility index (Phi) is 4.76. The average Bonchev–Trinajstić information content (AvgIpc) is 2.37. The quantitative estimate of drug-likeness (QED) is 0.636. The summed E-state index contributed by atoms with van der Waals surface area (Å²) in [5.41, 5.74) is 0.232. The molecule has 0 aliphatic rings. The number of hydrogen-bond acceptors (Lipinski definition) is 4. The Labute approximate surface area is 105 Å². The number of methoxy groups -OCH3 is 1. The Hall–Kier alpha value is -2.48. The second kappa shape index (κ2) is 6.30. The van der Waals surface area contributed by atoms with Crippen molar-refractivity contribution in [1.29, 1.82) is 5.26 Å². The summed E-state index contributed by atoms with van der Waals surface area (Å²) in [4.78, 5) is 10.7. The molecule has 5 nitrogen and oxygen atoms in total. The van der Waals surface area contributed by atoms with E-state index in [9.17, 15) is 4.79 Å². The second-order valence-electron chi connectivity index (χ2n) is 3.32. The first kappa shape index (κ1) is 13.6. The summed E-state index contributed by atoms with van der Waals surface area (Å²) in [5, 5.41) is 17.4. The molecule has 0 saturated heterocycles. The third kappa shape index (κ3) is 3.25. The van der Waals surface area contributed by atoms with Crippen LogP contribution in [0, 0.1) is 11.3 Å². The summed E-state index contributed by atoms with van der Waals surface area (Å²) in [6, 6.07) is 6.57. The van der Waals surface area contributed by atoms with Crippen molar-refractivity contribution in [2.45, 2.75) is 6.92 Å². The molecule has 0 bridgehead atoms. The fourth-order valence-corrected chi connectivity index (χ4v) is 1.36. The highest BCUT2D eigenvalue weighted by molar-refractivity contribution is 5.96. The number of nitrogens with zero attached hydrogens (tertiary/aromatic N) is 1. The Morgan fingerprint density at radius 1 is 1.50 bits per heavy atom. The average molecular weight is 247 g/mol. The molecular weight excluding hydrogens is 234 g/mol. The molecule has 0 aliphatic carbocycles. The van der Waals surface area contributed by atoms with Gasteiger partial charge in [-0.2, -0.15) is 5.26 Å². The summed E-state index contributed by atoms with van der Waals surface area (Å²) in [7, 11) is 1.49. The number of hydrogen-bond donors (Lipinski definition) is 1. The monoisotopic (exact) mass is 247 g/mol. The number of aliphatic carboxylic acids is 1. The van der Waals surface area contributed by atoms with Crippen molar-refractivity contribution in [2.24, 2.45) is 0 Å². The number of ether oxygens (including phenoxy) is 2. The number of carboxylic acids is 1. The summed E-state index contributed by atoms with van der Waals surface area (Å²) in [6.07, 6.45) is 1.28. The molecule has 5 heteroatoms. The lowest BCUT2D eigenvalue weighted by Gasteiger charge is -2.09. The normalized spacial score (nSPS) is 10.6. The lowest BCUT2D eigenvalue weighted by atomic mass is 10.1. The highest BCUT2D eigenvalue weighted by Gasteiger charge is 2.08. The van der Waals surface area contributed by atoms with Crippen LogP contribution >= 0.6 is 0 Å². The molecule has 0 amide bonds. The van der Waals surface area contributed by atoms with Crippen molar-refractivity contribution in [3.63, 3.8) is 0 Å². The van der Waals surface area contributed by atoms with Crippen LogP contribution in [0.4, 0.5) is 0 Å². The molecule has 0 heterocycles. The van der Waals surface area contributed by atoms with E-state index < -0.39 is 5.97 Å². The van der Waals surface area contributed by atoms with Crippen molar-refractivity contribution in [3.05, 3.63) is 29.3 Å². The van der Waals surface area contributed by atoms with Gasteiger partial charge in [-0.3, -0.25) is 0 Å². The second-order valence-corrected chi connectivity index (χ2v) is 3.32. The standard InChI is InChI=1S/C13H13NO4/c1-3-18-11-5-4-9(7-12(11)17-2)6-10(8-14)13(15)16/h4-7H,3H2,1-2H3,(H,15,16). The van der Waals surface area contributed by atoms with Gasteiger partial charge in [0.2, 0.25) is 0 Å². The lowest BCUT2D eigenvalue weighted by molar-refractivity contribution is -0.132. The molecule has 94 valence electrons. The minimum atomic E-state index is -1.26. The number of carboxylic acid groups (broad SMARTS) is 1. The first-order valence-corrected chi connectivity index (χ1v) is 5.28. The molecule has 1 aromatic rings. The topological polar surface area (TPSA) is 79.5 Å². The Balaban J connectivity index is 3.13. The summed E-state index contributed by atoms with van der Waals surface area (Å²) in [6.45, 7) is 2.36. The maximum Gasteiger partial charge on any atom is 0.346 e. The highest BCUT2D eigenvalue weighted by atomic mass is 16.5. The van der Waals surface area contributed by atoms with E-state index in [0.29, 0.717) is 23.7 Å². The van der Waals surface area contributed by atoms with Gasteiger partial charge in [0, 0.05) is 0 Å². The smallest absolute Gasteiger partial charge is 0.346 e. The molecule has 0 spiro atoms. The van der Waals surface area contributed by atoms with E-state index in [1.54, 1.807) is 24.3 Å². The van der Waals surface area contributed by atoms with Crippen molar-refractivity contribution in [1.82, 2.24) is 0 Å². The number of nitriles is 1. The maximum atomic E-state index is 10.7. The van der Waals surface area contributed by atoms with Gasteiger partial charge in [0.05, 0.1) is 13.7 Å². The minimum Gasteiger partial charge on any atom is -0.493 e. The van der Waals surface area contributed by atoms with E-state index in [4.69, 9.17) is 19.8 Å². The van der Waals surface area contributed by atoms with E-state index in [0.717, 1.165) is 0 Å². The van der Waals surface area contributed by atoms with E-state index in [-0.39, 0.29) is 5.57 Å². The number of benzene rings is 1. The fourth-order valence-electron chi connectivity index (χ4n) is 1.36. The summed E-state index contributed by atoms with van der Waals surface area (Å²) >= 11 is 0. The van der Waals surface area contributed by atoms with Gasteiger partial charge in [-0.1, -0.05) is 6.07 Å². The van der Waals surface area contributed by atoms with Crippen LogP contribution in [0.2, 0.25) is 0 Å². The highest BCUT2D eigenvalue weighted by Crippen LogP contribution is 2.28. The SMILES string of the molecule is CCOc1ccc(C=C(C#N)C(=O)O)cc1OC. The Bertz CT molecular complexity index is 514. The van der Waals surface area contributed by atoms with Gasteiger partial charge >= 0.3 is 5.97 Å². The van der Waals surface area contributed by atoms with Crippen molar-refractivity contribution < 1.29 is 19.4 Å². The van der Waals surface area contributed by atoms with Crippen LogP contribution in [-0.2, 0) is 4.79 Å². The molecule has 0 aliphatic heterocycles. The first-order chi connectivity index (χ1) is 8.62. The van der Waals surface area contributed by atoms with Gasteiger partial charge < -0.3 is 14.6 Å². The van der Waals surface area contributed by atoms with Crippen LogP contribution in [0.25, 0.3) is 6.08 Å². The van der Waals surface area contributed by atoms with Crippen LogP contribution in [0.3, 0.4) is 0 Å².